The quantitative estimate of drug-likeness (QED) is 0.0782. The Morgan fingerprint density at radius 3 is 1.89 bits per heavy atom. The molecule has 0 unspecified atom stereocenters. The second-order valence-electron chi connectivity index (χ2n) is 9.27. The van der Waals surface area contributed by atoms with Crippen LogP contribution in [0.15, 0.2) is 108 Å². The van der Waals surface area contributed by atoms with Gasteiger partial charge in [0.15, 0.2) is 4.98 Å². The summed E-state index contributed by atoms with van der Waals surface area (Å²) in [6.07, 6.45) is -1.83. The number of amides is 3. The Morgan fingerprint density at radius 2 is 1.36 bits per heavy atom. The summed E-state index contributed by atoms with van der Waals surface area (Å²) in [5.41, 5.74) is 8.24. The number of aliphatic hydroxyl groups is 1. The van der Waals surface area contributed by atoms with E-state index in [9.17, 15) is 19.5 Å². The van der Waals surface area contributed by atoms with Crippen LogP contribution in [0.1, 0.15) is 29.5 Å². The molecule has 4 N–H and O–H groups in total. The van der Waals surface area contributed by atoms with E-state index < -0.39 is 36.0 Å². The third-order valence-corrected chi connectivity index (χ3v) is 6.04. The highest BCUT2D eigenvalue weighted by molar-refractivity contribution is 5.97. The minimum Gasteiger partial charge on any atom is -0.504 e. The van der Waals surface area contributed by atoms with Crippen molar-refractivity contribution in [2.24, 2.45) is 10.7 Å². The number of guanidine groups is 1. The smallest absolute Gasteiger partial charge is 0.437 e. The van der Waals surface area contributed by atoms with E-state index in [4.69, 9.17) is 25.3 Å². The third kappa shape index (κ3) is 11.5. The highest BCUT2D eigenvalue weighted by Gasteiger charge is 2.24. The number of alkyl carbamates (subject to hydrolysis) is 1. The highest BCUT2D eigenvalue weighted by Crippen LogP contribution is 2.11. The van der Waals surface area contributed by atoms with Gasteiger partial charge in [0.1, 0.15) is 19.8 Å². The van der Waals surface area contributed by atoms with E-state index in [0.717, 1.165) is 27.8 Å². The number of diazo groups is 1. The van der Waals surface area contributed by atoms with Crippen molar-refractivity contribution in [3.8, 4) is 0 Å². The minimum atomic E-state index is -1.05. The molecule has 13 heteroatoms. The topological polar surface area (TPSA) is 181 Å². The number of carbonyl (C=O) groups is 3. The second kappa shape index (κ2) is 17.8. The number of rotatable bonds is 12. The first kappa shape index (κ1) is 32.6. The molecule has 0 aliphatic carbocycles. The molecule has 0 fully saturated rings. The van der Waals surface area contributed by atoms with Crippen LogP contribution in [-0.4, -0.2) is 46.8 Å². The monoisotopic (exact) mass is 601 g/mol. The number of benzene rings is 3. The van der Waals surface area contributed by atoms with Crippen LogP contribution >= 0.6 is 0 Å². The molecule has 0 radical (unpaired) electrons. The van der Waals surface area contributed by atoms with Gasteiger partial charge in [0.05, 0.1) is 6.04 Å². The van der Waals surface area contributed by atoms with Gasteiger partial charge in [0.25, 0.3) is 0 Å². The van der Waals surface area contributed by atoms with E-state index in [2.05, 4.69) is 15.3 Å². The maximum absolute atomic E-state index is 13.0. The fourth-order valence-electron chi connectivity index (χ4n) is 3.81. The molecule has 13 nitrogen and oxygen atoms in total. The molecule has 3 aromatic rings. The summed E-state index contributed by atoms with van der Waals surface area (Å²) < 4.78 is 15.7. The van der Waals surface area contributed by atoms with Gasteiger partial charge in [-0.25, -0.2) is 19.3 Å². The van der Waals surface area contributed by atoms with E-state index in [-0.39, 0.29) is 39.2 Å². The summed E-state index contributed by atoms with van der Waals surface area (Å²) in [5.74, 6) is -0.938. The Kier molecular flexibility index (Phi) is 13.2. The first-order valence-electron chi connectivity index (χ1n) is 13.6. The lowest BCUT2D eigenvalue weighted by atomic mass is 10.1. The van der Waals surface area contributed by atoms with Crippen LogP contribution in [0.25, 0.3) is 4.98 Å². The molecule has 3 amide bonds. The normalized spacial score (nSPS) is 11.9. The van der Waals surface area contributed by atoms with Crippen LogP contribution in [0.5, 0.6) is 0 Å². The summed E-state index contributed by atoms with van der Waals surface area (Å²) >= 11 is 0. The van der Waals surface area contributed by atoms with Crippen molar-refractivity contribution < 1.29 is 33.7 Å². The lowest BCUT2D eigenvalue weighted by molar-refractivity contribution is 0.114. The number of aliphatic imine (C=N–C) groups is 1. The van der Waals surface area contributed by atoms with Gasteiger partial charge in [-0.05, 0) is 29.5 Å². The molecular weight excluding hydrogens is 568 g/mol. The first-order valence-corrected chi connectivity index (χ1v) is 13.6. The largest absolute Gasteiger partial charge is 0.504 e. The van der Waals surface area contributed by atoms with Gasteiger partial charge in [-0.2, -0.15) is 0 Å². The molecule has 0 saturated heterocycles. The lowest BCUT2D eigenvalue weighted by Crippen LogP contribution is -2.44. The van der Waals surface area contributed by atoms with Gasteiger partial charge in [-0.1, -0.05) is 91.0 Å². The molecule has 3 aromatic carbocycles. The van der Waals surface area contributed by atoms with Crippen LogP contribution in [0.2, 0.25) is 0 Å². The first-order chi connectivity index (χ1) is 21.4. The Labute approximate surface area is 254 Å². The molecule has 228 valence electrons. The van der Waals surface area contributed by atoms with Crippen molar-refractivity contribution in [1.29, 1.82) is 5.39 Å². The highest BCUT2D eigenvalue weighted by atomic mass is 16.6. The summed E-state index contributed by atoms with van der Waals surface area (Å²) in [7, 11) is 0. The summed E-state index contributed by atoms with van der Waals surface area (Å²) in [6, 6.07) is 25.8. The Bertz CT molecular complexity index is 1460. The average molecular weight is 602 g/mol. The number of hydrogen-bond donors (Lipinski definition) is 3. The van der Waals surface area contributed by atoms with Crippen LogP contribution in [0, 0.1) is 5.39 Å². The molecule has 0 aliphatic rings. The predicted molar refractivity (Wildman–Crippen MR) is 160 cm³/mol. The van der Waals surface area contributed by atoms with Gasteiger partial charge >= 0.3 is 24.5 Å². The SMILES string of the molecule is N#[N+]/C=C(\O)[C@H](CCCN(C(=O)OCc1ccccc1)/C(N)=N/C(=O)OCc1ccccc1)NC(=O)OCc1ccccc1. The van der Waals surface area contributed by atoms with E-state index in [0.29, 0.717) is 0 Å². The number of nitrogens with one attached hydrogen (secondary N) is 1. The molecular formula is C31H33N6O7+. The molecule has 0 aliphatic heterocycles. The number of aliphatic hydroxyl groups excluding tert-OH is 1. The lowest BCUT2D eigenvalue weighted by Gasteiger charge is -2.22. The standard InChI is InChI=1S/C31H32N6O7/c32-28(36-30(40)43-21-24-13-6-2-7-14-24)37(31(41)44-22-25-15-8-3-9-16-25)18-10-17-26(27(38)19-34-33)35-29(39)42-20-23-11-4-1-5-12-23/h1-9,11-16,19,26H,10,17-18,20-22H2,(H3-,32,35,36,38,39,40)/p+1/b27-19-/t26-/m0/s1. The van der Waals surface area contributed by atoms with E-state index in [1.165, 1.54) is 0 Å². The van der Waals surface area contributed by atoms with Gasteiger partial charge in [-0.3, -0.25) is 0 Å². The Morgan fingerprint density at radius 1 is 0.864 bits per heavy atom. The van der Waals surface area contributed by atoms with Crippen molar-refractivity contribution in [3.63, 3.8) is 0 Å². The van der Waals surface area contributed by atoms with Crippen molar-refractivity contribution >= 4 is 24.2 Å². The zero-order chi connectivity index (χ0) is 31.6. The summed E-state index contributed by atoms with van der Waals surface area (Å²) in [5, 5.41) is 21.7. The molecule has 0 heterocycles. The molecule has 0 spiro atoms. The van der Waals surface area contributed by atoms with Crippen molar-refractivity contribution in [1.82, 2.24) is 10.2 Å². The van der Waals surface area contributed by atoms with Crippen LogP contribution in [0.4, 0.5) is 14.4 Å². The molecule has 3 rings (SSSR count). The molecule has 1 atom stereocenters. The maximum atomic E-state index is 13.0. The molecule has 44 heavy (non-hydrogen) atoms. The van der Waals surface area contributed by atoms with Gasteiger partial charge in [0.2, 0.25) is 17.1 Å². The predicted octanol–water partition coefficient (Wildman–Crippen LogP) is 5.60. The fourth-order valence-corrected chi connectivity index (χ4v) is 3.81. The number of nitrogens with two attached hydrogens (primary N) is 1. The summed E-state index contributed by atoms with van der Waals surface area (Å²) in [6.45, 7) is -0.261. The zero-order valence-electron chi connectivity index (χ0n) is 23.8. The molecule has 0 aromatic heterocycles. The maximum Gasteiger partial charge on any atom is 0.437 e. The van der Waals surface area contributed by atoms with Gasteiger partial charge in [-0.15, -0.1) is 4.99 Å². The molecule has 0 bridgehead atoms. The van der Waals surface area contributed by atoms with Crippen molar-refractivity contribution in [2.75, 3.05) is 6.54 Å². The van der Waals surface area contributed by atoms with Crippen molar-refractivity contribution in [3.05, 3.63) is 125 Å². The second-order valence-corrected chi connectivity index (χ2v) is 9.27. The van der Waals surface area contributed by atoms with Crippen LogP contribution in [0.3, 0.4) is 0 Å². The van der Waals surface area contributed by atoms with E-state index in [1.54, 1.807) is 72.8 Å². The fraction of sp³-hybridized carbons (Fsp3) is 0.226. The Hall–Kier alpha value is -5.90. The number of hydrogen-bond acceptors (Lipinski definition) is 8. The third-order valence-electron chi connectivity index (χ3n) is 6.04. The number of ether oxygens (including phenoxy) is 3. The number of nitrogens with zero attached hydrogens (tertiary/aromatic N) is 4. The van der Waals surface area contributed by atoms with E-state index in [1.807, 2.05) is 18.2 Å². The molecule has 0 saturated carbocycles. The van der Waals surface area contributed by atoms with Crippen LogP contribution < -0.4 is 11.1 Å². The number of carbonyl (C=O) groups excluding carboxylic acids is 3. The summed E-state index contributed by atoms with van der Waals surface area (Å²) in [4.78, 5) is 45.2. The average Bonchev–Trinajstić information content (AvgIpc) is 3.04. The Balaban J connectivity index is 1.65. The minimum absolute atomic E-state index is 0.0113. The van der Waals surface area contributed by atoms with E-state index >= 15 is 0 Å². The van der Waals surface area contributed by atoms with Crippen LogP contribution in [-0.2, 0) is 34.0 Å². The van der Waals surface area contributed by atoms with Gasteiger partial charge < -0.3 is 30.4 Å². The zero-order valence-corrected chi connectivity index (χ0v) is 23.8. The van der Waals surface area contributed by atoms with Gasteiger partial charge in [0, 0.05) is 6.54 Å². The van der Waals surface area contributed by atoms with Crippen molar-refractivity contribution in [2.45, 2.75) is 38.7 Å².